The lowest BCUT2D eigenvalue weighted by molar-refractivity contribution is -0.0113. The molecule has 0 radical (unpaired) electrons. The number of aromatic hydroxyl groups is 1. The second kappa shape index (κ2) is 5.68. The predicted octanol–water partition coefficient (Wildman–Crippen LogP) is 1.82. The van der Waals surface area contributed by atoms with E-state index in [0.29, 0.717) is 12.3 Å². The molecule has 22 heavy (non-hydrogen) atoms. The van der Waals surface area contributed by atoms with Crippen LogP contribution >= 0.6 is 0 Å². The Morgan fingerprint density at radius 1 is 1.41 bits per heavy atom. The summed E-state index contributed by atoms with van der Waals surface area (Å²) in [5, 5.41) is 9.88. The van der Waals surface area contributed by atoms with Crippen molar-refractivity contribution in [1.29, 1.82) is 0 Å². The lowest BCUT2D eigenvalue weighted by atomic mass is 9.92. The molecular weight excluding hydrogens is 284 g/mol. The minimum absolute atomic E-state index is 0.152. The number of hydrogen-bond donors (Lipinski definition) is 1. The smallest absolute Gasteiger partial charge is 0.410 e. The van der Waals surface area contributed by atoms with Gasteiger partial charge in [0.15, 0.2) is 11.5 Å². The molecule has 2 aliphatic rings. The lowest BCUT2D eigenvalue weighted by Gasteiger charge is -2.38. The molecule has 1 spiro atoms. The van der Waals surface area contributed by atoms with Crippen LogP contribution in [0.3, 0.4) is 0 Å². The fraction of sp³-hybridized carbons (Fsp3) is 0.562. The van der Waals surface area contributed by atoms with E-state index in [-0.39, 0.29) is 17.4 Å². The van der Waals surface area contributed by atoms with Crippen LogP contribution in [0, 0.1) is 0 Å². The molecule has 120 valence electrons. The number of methoxy groups -OCH3 is 1. The van der Waals surface area contributed by atoms with Gasteiger partial charge in [-0.25, -0.2) is 4.79 Å². The van der Waals surface area contributed by atoms with Crippen molar-refractivity contribution in [3.05, 3.63) is 23.8 Å². The van der Waals surface area contributed by atoms with Crippen LogP contribution < -0.4 is 4.74 Å². The highest BCUT2D eigenvalue weighted by Gasteiger charge is 2.46. The normalized spacial score (nSPS) is 25.5. The van der Waals surface area contributed by atoms with E-state index in [4.69, 9.17) is 9.47 Å². The highest BCUT2D eigenvalue weighted by molar-refractivity contribution is 5.70. The van der Waals surface area contributed by atoms with E-state index >= 15 is 0 Å². The zero-order valence-corrected chi connectivity index (χ0v) is 13.0. The third kappa shape index (κ3) is 2.83. The quantitative estimate of drug-likeness (QED) is 0.923. The number of likely N-dealkylation sites (tertiary alicyclic amines) is 1. The first kappa shape index (κ1) is 15.0. The molecule has 0 aliphatic carbocycles. The second-order valence-electron chi connectivity index (χ2n) is 6.23. The molecule has 2 fully saturated rings. The third-order valence-corrected chi connectivity index (χ3v) is 4.41. The van der Waals surface area contributed by atoms with Gasteiger partial charge in [0, 0.05) is 20.1 Å². The number of nitrogens with zero attached hydrogens (tertiary/aromatic N) is 2. The van der Waals surface area contributed by atoms with Crippen molar-refractivity contribution in [1.82, 2.24) is 9.80 Å². The largest absolute Gasteiger partial charge is 0.504 e. The summed E-state index contributed by atoms with van der Waals surface area (Å²) < 4.78 is 10.7. The maximum atomic E-state index is 11.7. The van der Waals surface area contributed by atoms with Crippen LogP contribution in [0.4, 0.5) is 4.79 Å². The Kier molecular flexibility index (Phi) is 3.87. The van der Waals surface area contributed by atoms with E-state index < -0.39 is 0 Å². The van der Waals surface area contributed by atoms with Crippen molar-refractivity contribution in [3.8, 4) is 11.5 Å². The molecule has 1 N–H and O–H groups in total. The molecule has 1 amide bonds. The zero-order chi connectivity index (χ0) is 15.7. The summed E-state index contributed by atoms with van der Waals surface area (Å²) in [6, 6.07) is 5.45. The van der Waals surface area contributed by atoms with Crippen LogP contribution in [0.1, 0.15) is 18.4 Å². The van der Waals surface area contributed by atoms with Gasteiger partial charge in [-0.1, -0.05) is 6.07 Å². The van der Waals surface area contributed by atoms with Crippen molar-refractivity contribution >= 4 is 6.09 Å². The average molecular weight is 306 g/mol. The van der Waals surface area contributed by atoms with Crippen LogP contribution in [0.2, 0.25) is 0 Å². The standard InChI is InChI=1S/C16H22N2O4/c1-17-10-16(22-15(17)20)6-3-7-18(11-16)9-12-4-5-14(21-2)13(19)8-12/h4-5,8,19H,3,6-7,9-11H2,1-2H3. The Morgan fingerprint density at radius 3 is 2.86 bits per heavy atom. The highest BCUT2D eigenvalue weighted by atomic mass is 16.6. The number of carbonyl (C=O) groups excluding carboxylic acids is 1. The van der Waals surface area contributed by atoms with Gasteiger partial charge >= 0.3 is 6.09 Å². The number of hydrogen-bond acceptors (Lipinski definition) is 5. The van der Waals surface area contributed by atoms with E-state index in [0.717, 1.165) is 38.0 Å². The summed E-state index contributed by atoms with van der Waals surface area (Å²) in [4.78, 5) is 15.6. The fourth-order valence-corrected chi connectivity index (χ4v) is 3.42. The molecule has 2 saturated heterocycles. The molecule has 0 bridgehead atoms. The fourth-order valence-electron chi connectivity index (χ4n) is 3.42. The molecule has 0 saturated carbocycles. The molecule has 1 atom stereocenters. The van der Waals surface area contributed by atoms with Gasteiger partial charge in [-0.3, -0.25) is 4.90 Å². The number of likely N-dealkylation sites (N-methyl/N-ethyl adjacent to an activating group) is 1. The first-order valence-corrected chi connectivity index (χ1v) is 7.54. The summed E-state index contributed by atoms with van der Waals surface area (Å²) in [7, 11) is 3.31. The molecule has 6 nitrogen and oxygen atoms in total. The summed E-state index contributed by atoms with van der Waals surface area (Å²) in [5.74, 6) is 0.629. The number of phenolic OH excluding ortho intramolecular Hbond substituents is 1. The SMILES string of the molecule is COc1ccc(CN2CCCC3(C2)CN(C)C(=O)O3)cc1O. The first-order chi connectivity index (χ1) is 10.5. The minimum atomic E-state index is -0.376. The van der Waals surface area contributed by atoms with E-state index in [1.807, 2.05) is 6.07 Å². The van der Waals surface area contributed by atoms with Gasteiger partial charge in [0.05, 0.1) is 13.7 Å². The number of benzene rings is 1. The van der Waals surface area contributed by atoms with Gasteiger partial charge in [-0.2, -0.15) is 0 Å². The Labute approximate surface area is 130 Å². The minimum Gasteiger partial charge on any atom is -0.504 e. The molecular formula is C16H22N2O4. The maximum absolute atomic E-state index is 11.7. The molecule has 6 heteroatoms. The predicted molar refractivity (Wildman–Crippen MR) is 81.0 cm³/mol. The molecule has 3 rings (SSSR count). The van der Waals surface area contributed by atoms with Crippen molar-refractivity contribution < 1.29 is 19.4 Å². The lowest BCUT2D eigenvalue weighted by Crippen LogP contribution is -2.50. The molecule has 2 heterocycles. The monoisotopic (exact) mass is 306 g/mol. The molecule has 2 aliphatic heterocycles. The molecule has 1 unspecified atom stereocenters. The second-order valence-corrected chi connectivity index (χ2v) is 6.23. The molecule has 0 aromatic heterocycles. The van der Waals surface area contributed by atoms with E-state index in [1.54, 1.807) is 24.1 Å². The van der Waals surface area contributed by atoms with Crippen LogP contribution in [-0.2, 0) is 11.3 Å². The van der Waals surface area contributed by atoms with E-state index in [2.05, 4.69) is 4.90 Å². The third-order valence-electron chi connectivity index (χ3n) is 4.41. The molecule has 1 aromatic carbocycles. The van der Waals surface area contributed by atoms with Gasteiger partial charge in [-0.05, 0) is 37.1 Å². The van der Waals surface area contributed by atoms with Crippen molar-refractivity contribution in [2.24, 2.45) is 0 Å². The van der Waals surface area contributed by atoms with Crippen molar-refractivity contribution in [2.75, 3.05) is 33.8 Å². The van der Waals surface area contributed by atoms with Crippen LogP contribution in [0.15, 0.2) is 18.2 Å². The van der Waals surface area contributed by atoms with Gasteiger partial charge in [0.1, 0.15) is 5.60 Å². The van der Waals surface area contributed by atoms with E-state index in [9.17, 15) is 9.90 Å². The van der Waals surface area contributed by atoms with Crippen LogP contribution in [0.25, 0.3) is 0 Å². The first-order valence-electron chi connectivity index (χ1n) is 7.54. The zero-order valence-electron chi connectivity index (χ0n) is 13.0. The summed E-state index contributed by atoms with van der Waals surface area (Å²) in [6.45, 7) is 3.07. The van der Waals surface area contributed by atoms with Crippen molar-refractivity contribution in [2.45, 2.75) is 25.0 Å². The number of piperidine rings is 1. The van der Waals surface area contributed by atoms with Crippen LogP contribution in [0.5, 0.6) is 11.5 Å². The Hall–Kier alpha value is -1.95. The van der Waals surface area contributed by atoms with E-state index in [1.165, 1.54) is 7.11 Å². The van der Waals surface area contributed by atoms with Gasteiger partial charge in [0.25, 0.3) is 0 Å². The molecule has 1 aromatic rings. The number of rotatable bonds is 3. The summed E-state index contributed by atoms with van der Waals surface area (Å²) >= 11 is 0. The summed E-state index contributed by atoms with van der Waals surface area (Å²) in [6.07, 6.45) is 1.68. The average Bonchev–Trinajstić information content (AvgIpc) is 2.73. The Morgan fingerprint density at radius 2 is 2.23 bits per heavy atom. The number of ether oxygens (including phenoxy) is 2. The maximum Gasteiger partial charge on any atom is 0.410 e. The van der Waals surface area contributed by atoms with Gasteiger partial charge < -0.3 is 19.5 Å². The van der Waals surface area contributed by atoms with Crippen molar-refractivity contribution in [3.63, 3.8) is 0 Å². The number of phenols is 1. The Balaban J connectivity index is 1.68. The number of carbonyl (C=O) groups is 1. The van der Waals surface area contributed by atoms with Gasteiger partial charge in [-0.15, -0.1) is 0 Å². The highest BCUT2D eigenvalue weighted by Crippen LogP contribution is 2.33. The van der Waals surface area contributed by atoms with Crippen LogP contribution in [-0.4, -0.2) is 60.4 Å². The Bertz CT molecular complexity index is 577. The number of amides is 1. The summed E-state index contributed by atoms with van der Waals surface area (Å²) in [5.41, 5.74) is 0.645. The van der Waals surface area contributed by atoms with Gasteiger partial charge in [0.2, 0.25) is 0 Å². The topological polar surface area (TPSA) is 62.2 Å².